The summed E-state index contributed by atoms with van der Waals surface area (Å²) in [6, 6.07) is 0. The van der Waals surface area contributed by atoms with Crippen molar-refractivity contribution in [3.05, 3.63) is 36.5 Å². The Hall–Kier alpha value is -0.0500. The Kier molecular flexibility index (Phi) is 16.3. The van der Waals surface area contributed by atoms with Crippen molar-refractivity contribution in [2.45, 2.75) is 33.1 Å². The Labute approximate surface area is 93.5 Å². The minimum absolute atomic E-state index is 0. The maximum absolute atomic E-state index is 2.21. The zero-order chi connectivity index (χ0) is 8.36. The fraction of sp³-hybridized carbons (Fsp3) is 0.455. The highest BCUT2D eigenvalue weighted by molar-refractivity contribution is 14.0. The lowest BCUT2D eigenvalue weighted by Crippen LogP contribution is -1.64. The largest absolute Gasteiger partial charge is 0.107 e. The minimum atomic E-state index is 0. The van der Waals surface area contributed by atoms with Crippen LogP contribution >= 0.6 is 24.0 Å². The van der Waals surface area contributed by atoms with E-state index in [0.717, 1.165) is 0 Å². The van der Waals surface area contributed by atoms with Gasteiger partial charge in [0, 0.05) is 0 Å². The second-order valence-electron chi connectivity index (χ2n) is 2.48. The molecule has 0 atom stereocenters. The van der Waals surface area contributed by atoms with Gasteiger partial charge in [-0.25, -0.2) is 0 Å². The van der Waals surface area contributed by atoms with E-state index in [1.807, 2.05) is 25.2 Å². The summed E-state index contributed by atoms with van der Waals surface area (Å²) in [4.78, 5) is 0. The van der Waals surface area contributed by atoms with Crippen molar-refractivity contribution >= 4 is 24.0 Å². The SMILES string of the molecule is CC=CC=CC=CCCCC.I. The van der Waals surface area contributed by atoms with E-state index >= 15 is 0 Å². The van der Waals surface area contributed by atoms with Crippen molar-refractivity contribution in [2.24, 2.45) is 0 Å². The van der Waals surface area contributed by atoms with E-state index in [4.69, 9.17) is 0 Å². The standard InChI is InChI=1S/C11H18.HI/c1-3-5-7-9-11-10-8-6-4-2;/h3,5,7,9-11H,4,6,8H2,1-2H3;1H. The summed E-state index contributed by atoms with van der Waals surface area (Å²) in [5.41, 5.74) is 0. The molecule has 1 heteroatoms. The highest BCUT2D eigenvalue weighted by atomic mass is 127. The first kappa shape index (κ1) is 14.5. The predicted molar refractivity (Wildman–Crippen MR) is 68.0 cm³/mol. The zero-order valence-corrected chi connectivity index (χ0v) is 10.3. The maximum atomic E-state index is 2.21. The monoisotopic (exact) mass is 278 g/mol. The number of rotatable bonds is 5. The van der Waals surface area contributed by atoms with Crippen LogP contribution in [0.2, 0.25) is 0 Å². The Morgan fingerprint density at radius 3 is 2.25 bits per heavy atom. The molecule has 0 unspecified atom stereocenters. The van der Waals surface area contributed by atoms with E-state index in [1.165, 1.54) is 19.3 Å². The first-order valence-electron chi connectivity index (χ1n) is 4.36. The van der Waals surface area contributed by atoms with Gasteiger partial charge in [0.15, 0.2) is 0 Å². The molecule has 0 aliphatic carbocycles. The van der Waals surface area contributed by atoms with Gasteiger partial charge in [0.1, 0.15) is 0 Å². The fourth-order valence-corrected chi connectivity index (χ4v) is 0.736. The lowest BCUT2D eigenvalue weighted by atomic mass is 10.2. The van der Waals surface area contributed by atoms with E-state index in [9.17, 15) is 0 Å². The number of hydrogen-bond acceptors (Lipinski definition) is 0. The zero-order valence-electron chi connectivity index (χ0n) is 7.99. The molecule has 0 spiro atoms. The van der Waals surface area contributed by atoms with Crippen molar-refractivity contribution in [2.75, 3.05) is 0 Å². The molecule has 70 valence electrons. The van der Waals surface area contributed by atoms with Crippen LogP contribution in [-0.4, -0.2) is 0 Å². The third-order valence-electron chi connectivity index (χ3n) is 1.39. The van der Waals surface area contributed by atoms with Crippen LogP contribution in [0.1, 0.15) is 33.1 Å². The molecular formula is C11H19I. The Bertz CT molecular complexity index is 143. The first-order chi connectivity index (χ1) is 5.41. The molecule has 0 aromatic carbocycles. The fourth-order valence-electron chi connectivity index (χ4n) is 0.736. The quantitative estimate of drug-likeness (QED) is 0.395. The maximum Gasteiger partial charge on any atom is -0.0348 e. The van der Waals surface area contributed by atoms with E-state index in [1.54, 1.807) is 0 Å². The number of halogens is 1. The van der Waals surface area contributed by atoms with Crippen molar-refractivity contribution < 1.29 is 0 Å². The van der Waals surface area contributed by atoms with Crippen LogP contribution in [0.5, 0.6) is 0 Å². The summed E-state index contributed by atoms with van der Waals surface area (Å²) in [7, 11) is 0. The Balaban J connectivity index is 0. The highest BCUT2D eigenvalue weighted by Crippen LogP contribution is 1.94. The molecule has 0 saturated carbocycles. The summed E-state index contributed by atoms with van der Waals surface area (Å²) in [6.45, 7) is 4.23. The summed E-state index contributed by atoms with van der Waals surface area (Å²) < 4.78 is 0. The molecule has 0 heterocycles. The van der Waals surface area contributed by atoms with Crippen LogP contribution < -0.4 is 0 Å². The van der Waals surface area contributed by atoms with Crippen LogP contribution in [0, 0.1) is 0 Å². The molecule has 0 aromatic rings. The van der Waals surface area contributed by atoms with Crippen LogP contribution in [0.25, 0.3) is 0 Å². The third kappa shape index (κ3) is 12.6. The van der Waals surface area contributed by atoms with Gasteiger partial charge in [-0.2, -0.15) is 0 Å². The summed E-state index contributed by atoms with van der Waals surface area (Å²) in [5.74, 6) is 0. The van der Waals surface area contributed by atoms with Gasteiger partial charge >= 0.3 is 0 Å². The molecule has 0 bridgehead atoms. The van der Waals surface area contributed by atoms with E-state index in [-0.39, 0.29) is 24.0 Å². The molecule has 0 aromatic heterocycles. The van der Waals surface area contributed by atoms with Gasteiger partial charge < -0.3 is 0 Å². The lowest BCUT2D eigenvalue weighted by Gasteiger charge is -1.84. The molecule has 0 nitrogen and oxygen atoms in total. The van der Waals surface area contributed by atoms with Gasteiger partial charge in [0.05, 0.1) is 0 Å². The summed E-state index contributed by atoms with van der Waals surface area (Å²) in [5, 5.41) is 0. The highest BCUT2D eigenvalue weighted by Gasteiger charge is 1.74. The number of allylic oxidation sites excluding steroid dienone is 6. The second kappa shape index (κ2) is 13.5. The molecule has 0 N–H and O–H groups in total. The molecule has 0 aliphatic rings. The van der Waals surface area contributed by atoms with Crippen LogP contribution in [0.15, 0.2) is 36.5 Å². The van der Waals surface area contributed by atoms with Gasteiger partial charge in [-0.15, -0.1) is 24.0 Å². The van der Waals surface area contributed by atoms with Gasteiger partial charge in [0.2, 0.25) is 0 Å². The average Bonchev–Trinajstić information content (AvgIpc) is 2.03. The summed E-state index contributed by atoms with van der Waals surface area (Å²) >= 11 is 0. The molecule has 0 aliphatic heterocycles. The van der Waals surface area contributed by atoms with E-state index < -0.39 is 0 Å². The molecule has 0 fully saturated rings. The predicted octanol–water partition coefficient (Wildman–Crippen LogP) is 4.48. The smallest absolute Gasteiger partial charge is 0.0348 e. The van der Waals surface area contributed by atoms with Crippen LogP contribution in [-0.2, 0) is 0 Å². The van der Waals surface area contributed by atoms with Crippen molar-refractivity contribution in [3.63, 3.8) is 0 Å². The van der Waals surface area contributed by atoms with Crippen LogP contribution in [0.3, 0.4) is 0 Å². The van der Waals surface area contributed by atoms with Gasteiger partial charge in [-0.3, -0.25) is 0 Å². The molecular weight excluding hydrogens is 259 g/mol. The third-order valence-corrected chi connectivity index (χ3v) is 1.39. The van der Waals surface area contributed by atoms with Gasteiger partial charge in [-0.1, -0.05) is 56.2 Å². The lowest BCUT2D eigenvalue weighted by molar-refractivity contribution is 0.815. The second-order valence-corrected chi connectivity index (χ2v) is 2.48. The van der Waals surface area contributed by atoms with Crippen molar-refractivity contribution in [1.82, 2.24) is 0 Å². The average molecular weight is 278 g/mol. The minimum Gasteiger partial charge on any atom is -0.107 e. The van der Waals surface area contributed by atoms with E-state index in [0.29, 0.717) is 0 Å². The molecule has 0 amide bonds. The normalized spacial score (nSPS) is 11.5. The molecule has 12 heavy (non-hydrogen) atoms. The van der Waals surface area contributed by atoms with Gasteiger partial charge in [0.25, 0.3) is 0 Å². The molecule has 0 saturated heterocycles. The van der Waals surface area contributed by atoms with Gasteiger partial charge in [-0.05, 0) is 13.3 Å². The van der Waals surface area contributed by atoms with E-state index in [2.05, 4.69) is 25.2 Å². The van der Waals surface area contributed by atoms with Crippen LogP contribution in [0.4, 0.5) is 0 Å². The first-order valence-corrected chi connectivity index (χ1v) is 4.36. The topological polar surface area (TPSA) is 0 Å². The molecule has 0 radical (unpaired) electrons. The number of hydrogen-bond donors (Lipinski definition) is 0. The molecule has 0 rings (SSSR count). The van der Waals surface area contributed by atoms with Crippen molar-refractivity contribution in [3.8, 4) is 0 Å². The Morgan fingerprint density at radius 1 is 1.00 bits per heavy atom. The Morgan fingerprint density at radius 2 is 1.67 bits per heavy atom. The van der Waals surface area contributed by atoms with Crippen molar-refractivity contribution in [1.29, 1.82) is 0 Å². The summed E-state index contributed by atoms with van der Waals surface area (Å²) in [6.07, 6.45) is 16.3. The number of unbranched alkanes of at least 4 members (excludes halogenated alkanes) is 2.